The zero-order valence-electron chi connectivity index (χ0n) is 12.4. The molecule has 25 heavy (non-hydrogen) atoms. The molecule has 2 heterocycles. The maximum Gasteiger partial charge on any atom is 0.285 e. The molecule has 0 bridgehead atoms. The lowest BCUT2D eigenvalue weighted by Gasteiger charge is -2.14. The molecule has 1 saturated heterocycles. The molecule has 2 amide bonds. The van der Waals surface area contributed by atoms with Crippen molar-refractivity contribution in [2.24, 2.45) is 0 Å². The van der Waals surface area contributed by atoms with Crippen LogP contribution >= 0.6 is 35.3 Å². The van der Waals surface area contributed by atoms with Gasteiger partial charge in [-0.15, -0.1) is 11.3 Å². The number of thiophene rings is 1. The number of nitrogens with one attached hydrogen (secondary N) is 1. The minimum Gasteiger partial charge on any atom is -0.266 e. The molecule has 1 aliphatic heterocycles. The summed E-state index contributed by atoms with van der Waals surface area (Å²) < 4.78 is 0.187. The van der Waals surface area contributed by atoms with Gasteiger partial charge in [-0.05, 0) is 35.3 Å². The molecule has 0 atom stereocenters. The second-order valence-electron chi connectivity index (χ2n) is 4.79. The Balaban J connectivity index is 1.80. The number of benzene rings is 1. The minimum absolute atomic E-state index is 0.0739. The van der Waals surface area contributed by atoms with E-state index < -0.39 is 16.7 Å². The van der Waals surface area contributed by atoms with Crippen molar-refractivity contribution in [3.05, 3.63) is 67.2 Å². The van der Waals surface area contributed by atoms with E-state index in [1.165, 1.54) is 35.6 Å². The Bertz CT molecular complexity index is 909. The van der Waals surface area contributed by atoms with Gasteiger partial charge in [-0.3, -0.25) is 25.1 Å². The number of nitro benzene ring substituents is 1. The Morgan fingerprint density at radius 3 is 2.80 bits per heavy atom. The van der Waals surface area contributed by atoms with Crippen molar-refractivity contribution in [3.63, 3.8) is 0 Å². The number of hydrogen-bond donors (Lipinski definition) is 1. The van der Waals surface area contributed by atoms with E-state index in [-0.39, 0.29) is 14.9 Å². The third-order valence-corrected chi connectivity index (χ3v) is 5.30. The van der Waals surface area contributed by atoms with Crippen LogP contribution in [0, 0.1) is 10.1 Å². The van der Waals surface area contributed by atoms with Crippen LogP contribution in [0.2, 0.25) is 0 Å². The number of carbonyl (C=O) groups excluding carboxylic acids is 2. The smallest absolute Gasteiger partial charge is 0.266 e. The molecule has 7 nitrogen and oxygen atoms in total. The molecule has 1 N–H and O–H groups in total. The Morgan fingerprint density at radius 1 is 1.32 bits per heavy atom. The topological polar surface area (TPSA) is 92.6 Å². The molecule has 0 saturated carbocycles. The van der Waals surface area contributed by atoms with Crippen molar-refractivity contribution in [1.82, 2.24) is 10.4 Å². The molecular formula is C15H9N3O4S3. The lowest BCUT2D eigenvalue weighted by atomic mass is 10.2. The first kappa shape index (κ1) is 17.3. The van der Waals surface area contributed by atoms with Gasteiger partial charge in [-0.25, -0.2) is 0 Å². The fourth-order valence-electron chi connectivity index (χ4n) is 2.01. The van der Waals surface area contributed by atoms with Crippen LogP contribution in [0.1, 0.15) is 15.2 Å². The Hall–Kier alpha value is -2.56. The zero-order chi connectivity index (χ0) is 18.0. The van der Waals surface area contributed by atoms with Crippen molar-refractivity contribution in [1.29, 1.82) is 0 Å². The predicted molar refractivity (Wildman–Crippen MR) is 99.9 cm³/mol. The molecule has 1 aromatic heterocycles. The van der Waals surface area contributed by atoms with E-state index in [0.29, 0.717) is 10.4 Å². The summed E-state index contributed by atoms with van der Waals surface area (Å²) in [7, 11) is 0. The second kappa shape index (κ2) is 7.13. The highest BCUT2D eigenvalue weighted by atomic mass is 32.2. The largest absolute Gasteiger partial charge is 0.285 e. The minimum atomic E-state index is -0.510. The molecular weight excluding hydrogens is 382 g/mol. The average molecular weight is 391 g/mol. The lowest BCUT2D eigenvalue weighted by Crippen LogP contribution is -2.44. The van der Waals surface area contributed by atoms with Crippen LogP contribution in [0.3, 0.4) is 0 Å². The SMILES string of the molecule is O=C(NN1C(=O)/C(=C/c2cccc([N+](=O)[O-])c2)SC1=S)c1cccs1. The maximum absolute atomic E-state index is 12.4. The van der Waals surface area contributed by atoms with Crippen molar-refractivity contribution < 1.29 is 14.5 Å². The summed E-state index contributed by atoms with van der Waals surface area (Å²) in [6.07, 6.45) is 1.50. The standard InChI is InChI=1S/C15H9N3O4S3/c19-13(11-5-2-6-24-11)16-17-14(20)12(25-15(17)23)8-9-3-1-4-10(7-9)18(21)22/h1-8H,(H,16,19)/b12-8-. The highest BCUT2D eigenvalue weighted by Gasteiger charge is 2.34. The van der Waals surface area contributed by atoms with Crippen molar-refractivity contribution in [3.8, 4) is 0 Å². The van der Waals surface area contributed by atoms with Crippen LogP contribution in [0.25, 0.3) is 6.08 Å². The van der Waals surface area contributed by atoms with Gasteiger partial charge in [0.05, 0.1) is 14.7 Å². The number of hydrazine groups is 1. The number of thioether (sulfide) groups is 1. The van der Waals surface area contributed by atoms with Crippen LogP contribution in [0.15, 0.2) is 46.7 Å². The summed E-state index contributed by atoms with van der Waals surface area (Å²) in [6.45, 7) is 0. The third-order valence-electron chi connectivity index (χ3n) is 3.13. The first-order valence-corrected chi connectivity index (χ1v) is 8.93. The number of nitro groups is 1. The number of rotatable bonds is 4. The monoisotopic (exact) mass is 391 g/mol. The molecule has 1 aromatic carbocycles. The number of amides is 2. The Kier molecular flexibility index (Phi) is 4.93. The Morgan fingerprint density at radius 2 is 2.12 bits per heavy atom. The number of nitrogens with zero attached hydrogens (tertiary/aromatic N) is 2. The molecule has 0 unspecified atom stereocenters. The van der Waals surface area contributed by atoms with E-state index in [1.807, 2.05) is 0 Å². The quantitative estimate of drug-likeness (QED) is 0.372. The number of non-ortho nitro benzene ring substituents is 1. The van der Waals surface area contributed by atoms with Gasteiger partial charge in [0.25, 0.3) is 17.5 Å². The molecule has 0 spiro atoms. The fourth-order valence-corrected chi connectivity index (χ4v) is 3.80. The average Bonchev–Trinajstić information content (AvgIpc) is 3.20. The van der Waals surface area contributed by atoms with Crippen LogP contribution < -0.4 is 5.43 Å². The summed E-state index contributed by atoms with van der Waals surface area (Å²) in [6, 6.07) is 9.26. The van der Waals surface area contributed by atoms with Crippen LogP contribution in [-0.4, -0.2) is 26.1 Å². The normalized spacial score (nSPS) is 15.7. The molecule has 0 radical (unpaired) electrons. The van der Waals surface area contributed by atoms with E-state index >= 15 is 0 Å². The molecule has 2 aromatic rings. The van der Waals surface area contributed by atoms with Crippen molar-refractivity contribution in [2.75, 3.05) is 0 Å². The number of carbonyl (C=O) groups is 2. The van der Waals surface area contributed by atoms with E-state index in [4.69, 9.17) is 12.2 Å². The molecule has 1 aliphatic rings. The number of thiocarbonyl (C=S) groups is 1. The first-order chi connectivity index (χ1) is 12.0. The van der Waals surface area contributed by atoms with E-state index in [9.17, 15) is 19.7 Å². The number of hydrogen-bond acceptors (Lipinski definition) is 7. The first-order valence-electron chi connectivity index (χ1n) is 6.82. The van der Waals surface area contributed by atoms with Crippen LogP contribution in [-0.2, 0) is 4.79 Å². The van der Waals surface area contributed by atoms with Gasteiger partial charge in [0.2, 0.25) is 0 Å². The molecule has 1 fully saturated rings. The molecule has 126 valence electrons. The molecule has 0 aliphatic carbocycles. The van der Waals surface area contributed by atoms with E-state index in [0.717, 1.165) is 16.8 Å². The predicted octanol–water partition coefficient (Wildman–Crippen LogP) is 3.20. The van der Waals surface area contributed by atoms with Crippen molar-refractivity contribution >= 4 is 63.2 Å². The zero-order valence-corrected chi connectivity index (χ0v) is 14.8. The lowest BCUT2D eigenvalue weighted by molar-refractivity contribution is -0.384. The van der Waals surface area contributed by atoms with Gasteiger partial charge in [0, 0.05) is 12.1 Å². The van der Waals surface area contributed by atoms with Crippen molar-refractivity contribution in [2.45, 2.75) is 0 Å². The maximum atomic E-state index is 12.4. The Labute approximate surface area is 155 Å². The molecule has 3 rings (SSSR count). The summed E-state index contributed by atoms with van der Waals surface area (Å²) >= 11 is 7.40. The van der Waals surface area contributed by atoms with Gasteiger partial charge < -0.3 is 0 Å². The van der Waals surface area contributed by atoms with Gasteiger partial charge in [-0.2, -0.15) is 5.01 Å². The molecule has 10 heteroatoms. The summed E-state index contributed by atoms with van der Waals surface area (Å²) in [5.41, 5.74) is 2.90. The van der Waals surface area contributed by atoms with E-state index in [1.54, 1.807) is 23.6 Å². The summed E-state index contributed by atoms with van der Waals surface area (Å²) in [4.78, 5) is 35.6. The fraction of sp³-hybridized carbons (Fsp3) is 0. The summed E-state index contributed by atoms with van der Waals surface area (Å²) in [5.74, 6) is -0.908. The van der Waals surface area contributed by atoms with Crippen LogP contribution in [0.5, 0.6) is 0 Å². The third kappa shape index (κ3) is 3.76. The van der Waals surface area contributed by atoms with E-state index in [2.05, 4.69) is 5.43 Å². The second-order valence-corrected chi connectivity index (χ2v) is 7.41. The summed E-state index contributed by atoms with van der Waals surface area (Å²) in [5, 5.41) is 13.6. The van der Waals surface area contributed by atoms with Gasteiger partial charge in [0.15, 0.2) is 4.32 Å². The highest BCUT2D eigenvalue weighted by Crippen LogP contribution is 2.32. The van der Waals surface area contributed by atoms with Gasteiger partial charge in [0.1, 0.15) is 0 Å². The van der Waals surface area contributed by atoms with Gasteiger partial charge >= 0.3 is 0 Å². The van der Waals surface area contributed by atoms with Gasteiger partial charge in [-0.1, -0.05) is 30.0 Å². The highest BCUT2D eigenvalue weighted by molar-refractivity contribution is 8.26. The van der Waals surface area contributed by atoms with Crippen LogP contribution in [0.4, 0.5) is 5.69 Å².